The third-order valence-corrected chi connectivity index (χ3v) is 5.71. The van der Waals surface area contributed by atoms with Gasteiger partial charge in [0.15, 0.2) is 0 Å². The van der Waals surface area contributed by atoms with Crippen LogP contribution >= 0.6 is 0 Å². The Morgan fingerprint density at radius 2 is 1.80 bits per heavy atom. The monoisotopic (exact) mass is 264 g/mol. The molecule has 1 aromatic heterocycles. The van der Waals surface area contributed by atoms with Gasteiger partial charge in [-0.2, -0.15) is 5.26 Å². The van der Waals surface area contributed by atoms with Crippen LogP contribution < -0.4 is 0 Å². The highest BCUT2D eigenvalue weighted by atomic mass is 14.7. The normalized spacial score (nSPS) is 38.8. The molecule has 4 aliphatic carbocycles. The van der Waals surface area contributed by atoms with Gasteiger partial charge in [0.25, 0.3) is 0 Å². The van der Waals surface area contributed by atoms with Crippen LogP contribution in [-0.2, 0) is 0 Å². The van der Waals surface area contributed by atoms with Crippen molar-refractivity contribution in [1.82, 2.24) is 4.98 Å². The Labute approximate surface area is 120 Å². The molecule has 4 fully saturated rings. The minimum absolute atomic E-state index is 0.509. The van der Waals surface area contributed by atoms with E-state index in [2.05, 4.69) is 11.1 Å². The fraction of sp³-hybridized carbons (Fsp3) is 0.556. The predicted molar refractivity (Wildman–Crippen MR) is 78.4 cm³/mol. The molecule has 0 atom stereocenters. The van der Waals surface area contributed by atoms with Gasteiger partial charge in [0.1, 0.15) is 0 Å². The van der Waals surface area contributed by atoms with Crippen molar-refractivity contribution in [3.63, 3.8) is 0 Å². The first kappa shape index (κ1) is 12.1. The molecule has 0 N–H and O–H groups in total. The number of aromatic nitrogens is 1. The van der Waals surface area contributed by atoms with E-state index >= 15 is 0 Å². The minimum atomic E-state index is 0.509. The van der Waals surface area contributed by atoms with E-state index < -0.39 is 0 Å². The SMILES string of the molecule is N#C/C(=C/c1ccccn1)C1C2CC3CC(C2)CC1C3. The summed E-state index contributed by atoms with van der Waals surface area (Å²) in [6, 6.07) is 8.41. The van der Waals surface area contributed by atoms with E-state index in [1.807, 2.05) is 24.3 Å². The maximum Gasteiger partial charge on any atom is 0.0951 e. The number of pyridine rings is 1. The Kier molecular flexibility index (Phi) is 2.88. The highest BCUT2D eigenvalue weighted by Gasteiger charge is 2.49. The number of allylic oxidation sites excluding steroid dienone is 1. The van der Waals surface area contributed by atoms with E-state index in [1.165, 1.54) is 32.1 Å². The Hall–Kier alpha value is -1.62. The van der Waals surface area contributed by atoms with Crippen LogP contribution in [-0.4, -0.2) is 4.98 Å². The molecule has 0 aromatic carbocycles. The Morgan fingerprint density at radius 1 is 1.10 bits per heavy atom. The molecule has 102 valence electrons. The first-order valence-electron chi connectivity index (χ1n) is 7.86. The fourth-order valence-electron chi connectivity index (χ4n) is 5.26. The molecule has 0 saturated heterocycles. The van der Waals surface area contributed by atoms with Gasteiger partial charge >= 0.3 is 0 Å². The molecular formula is C18H20N2. The molecule has 2 heteroatoms. The lowest BCUT2D eigenvalue weighted by Crippen LogP contribution is -2.45. The zero-order valence-electron chi connectivity index (χ0n) is 11.7. The van der Waals surface area contributed by atoms with Gasteiger partial charge < -0.3 is 0 Å². The van der Waals surface area contributed by atoms with Crippen molar-refractivity contribution in [2.45, 2.75) is 32.1 Å². The van der Waals surface area contributed by atoms with Crippen molar-refractivity contribution < 1.29 is 0 Å². The second kappa shape index (κ2) is 4.74. The van der Waals surface area contributed by atoms with E-state index in [1.54, 1.807) is 6.20 Å². The Bertz CT molecular complexity index is 539. The van der Waals surface area contributed by atoms with E-state index in [0.29, 0.717) is 5.92 Å². The lowest BCUT2D eigenvalue weighted by atomic mass is 9.50. The van der Waals surface area contributed by atoms with E-state index in [-0.39, 0.29) is 0 Å². The summed E-state index contributed by atoms with van der Waals surface area (Å²) in [5, 5.41) is 9.63. The largest absolute Gasteiger partial charge is 0.257 e. The van der Waals surface area contributed by atoms with Crippen LogP contribution in [0, 0.1) is 40.9 Å². The molecule has 1 aromatic rings. The average molecular weight is 264 g/mol. The molecule has 0 aliphatic heterocycles. The van der Waals surface area contributed by atoms with Crippen molar-refractivity contribution >= 4 is 6.08 Å². The molecule has 4 aliphatic rings. The quantitative estimate of drug-likeness (QED) is 0.755. The number of nitriles is 1. The summed E-state index contributed by atoms with van der Waals surface area (Å²) >= 11 is 0. The zero-order valence-corrected chi connectivity index (χ0v) is 11.7. The molecule has 0 spiro atoms. The van der Waals surface area contributed by atoms with Crippen molar-refractivity contribution in [2.75, 3.05) is 0 Å². The van der Waals surface area contributed by atoms with Gasteiger partial charge in [-0.15, -0.1) is 0 Å². The number of hydrogen-bond acceptors (Lipinski definition) is 2. The van der Waals surface area contributed by atoms with Crippen LogP contribution in [0.15, 0.2) is 30.0 Å². The molecule has 4 bridgehead atoms. The van der Waals surface area contributed by atoms with Crippen molar-refractivity contribution in [1.29, 1.82) is 5.26 Å². The van der Waals surface area contributed by atoms with Gasteiger partial charge in [0.2, 0.25) is 0 Å². The molecule has 0 amide bonds. The second-order valence-electron chi connectivity index (χ2n) is 6.92. The summed E-state index contributed by atoms with van der Waals surface area (Å²) in [6.07, 6.45) is 10.7. The Morgan fingerprint density at radius 3 is 2.35 bits per heavy atom. The summed E-state index contributed by atoms with van der Waals surface area (Å²) in [5.74, 6) is 3.96. The lowest BCUT2D eigenvalue weighted by molar-refractivity contribution is -0.0187. The highest BCUT2D eigenvalue weighted by molar-refractivity contribution is 5.55. The van der Waals surface area contributed by atoms with E-state index in [9.17, 15) is 5.26 Å². The molecule has 20 heavy (non-hydrogen) atoms. The molecule has 1 heterocycles. The zero-order chi connectivity index (χ0) is 13.5. The summed E-state index contributed by atoms with van der Waals surface area (Å²) < 4.78 is 0. The maximum atomic E-state index is 9.63. The number of nitrogens with zero attached hydrogens (tertiary/aromatic N) is 2. The van der Waals surface area contributed by atoms with Gasteiger partial charge in [0.05, 0.1) is 11.8 Å². The number of rotatable bonds is 2. The molecule has 5 rings (SSSR count). The topological polar surface area (TPSA) is 36.7 Å². The number of hydrogen-bond donors (Lipinski definition) is 0. The minimum Gasteiger partial charge on any atom is -0.257 e. The maximum absolute atomic E-state index is 9.63. The summed E-state index contributed by atoms with van der Waals surface area (Å²) in [7, 11) is 0. The fourth-order valence-corrected chi connectivity index (χ4v) is 5.26. The van der Waals surface area contributed by atoms with E-state index in [0.717, 1.165) is 34.9 Å². The van der Waals surface area contributed by atoms with Crippen LogP contribution in [0.1, 0.15) is 37.8 Å². The average Bonchev–Trinajstić information content (AvgIpc) is 2.46. The third kappa shape index (κ3) is 1.97. The third-order valence-electron chi connectivity index (χ3n) is 5.71. The van der Waals surface area contributed by atoms with Crippen LogP contribution in [0.25, 0.3) is 6.08 Å². The standard InChI is InChI=1S/C18H20N2/c19-11-16(10-17-3-1-2-4-20-17)18-14-6-12-5-13(8-14)9-15(18)7-12/h1-4,10,12-15,18H,5-9H2/b16-10-. The molecular weight excluding hydrogens is 244 g/mol. The smallest absolute Gasteiger partial charge is 0.0951 e. The van der Waals surface area contributed by atoms with Crippen LogP contribution in [0.2, 0.25) is 0 Å². The van der Waals surface area contributed by atoms with Gasteiger partial charge in [-0.3, -0.25) is 4.98 Å². The molecule has 0 unspecified atom stereocenters. The summed E-state index contributed by atoms with van der Waals surface area (Å²) in [6.45, 7) is 0. The van der Waals surface area contributed by atoms with Crippen LogP contribution in [0.5, 0.6) is 0 Å². The van der Waals surface area contributed by atoms with Crippen molar-refractivity contribution in [3.8, 4) is 6.07 Å². The lowest BCUT2D eigenvalue weighted by Gasteiger charge is -2.54. The van der Waals surface area contributed by atoms with Crippen LogP contribution in [0.4, 0.5) is 0 Å². The Balaban J connectivity index is 1.66. The predicted octanol–water partition coefficient (Wildman–Crippen LogP) is 4.06. The van der Waals surface area contributed by atoms with Crippen molar-refractivity contribution in [2.24, 2.45) is 29.6 Å². The van der Waals surface area contributed by atoms with Gasteiger partial charge in [0, 0.05) is 11.8 Å². The van der Waals surface area contributed by atoms with Crippen molar-refractivity contribution in [3.05, 3.63) is 35.7 Å². The van der Waals surface area contributed by atoms with Gasteiger partial charge in [-0.1, -0.05) is 6.07 Å². The molecule has 2 nitrogen and oxygen atoms in total. The second-order valence-corrected chi connectivity index (χ2v) is 6.92. The summed E-state index contributed by atoms with van der Waals surface area (Å²) in [5.41, 5.74) is 1.91. The first-order chi connectivity index (χ1) is 9.83. The van der Waals surface area contributed by atoms with Gasteiger partial charge in [-0.25, -0.2) is 0 Å². The molecule has 0 radical (unpaired) electrons. The van der Waals surface area contributed by atoms with Crippen LogP contribution in [0.3, 0.4) is 0 Å². The van der Waals surface area contributed by atoms with Gasteiger partial charge in [-0.05, 0) is 79.9 Å². The molecule has 4 saturated carbocycles. The summed E-state index contributed by atoms with van der Waals surface area (Å²) in [4.78, 5) is 4.35. The van der Waals surface area contributed by atoms with E-state index in [4.69, 9.17) is 0 Å². The first-order valence-corrected chi connectivity index (χ1v) is 7.86. The highest BCUT2D eigenvalue weighted by Crippen LogP contribution is 2.58.